The second kappa shape index (κ2) is 8.75. The predicted octanol–water partition coefficient (Wildman–Crippen LogP) is 1.79. The Labute approximate surface area is 190 Å². The van der Waals surface area contributed by atoms with Gasteiger partial charge in [-0.15, -0.1) is 0 Å². The molecule has 1 aromatic carbocycles. The Balaban J connectivity index is 1.59. The summed E-state index contributed by atoms with van der Waals surface area (Å²) < 4.78 is 7.21. The van der Waals surface area contributed by atoms with E-state index in [0.29, 0.717) is 43.6 Å². The van der Waals surface area contributed by atoms with Gasteiger partial charge in [0.2, 0.25) is 11.6 Å². The number of carboxylic acids is 1. The van der Waals surface area contributed by atoms with Gasteiger partial charge in [-0.1, -0.05) is 12.1 Å². The summed E-state index contributed by atoms with van der Waals surface area (Å²) in [6.45, 7) is 2.30. The van der Waals surface area contributed by atoms with Crippen LogP contribution in [-0.4, -0.2) is 68.7 Å². The highest BCUT2D eigenvalue weighted by Gasteiger charge is 2.42. The van der Waals surface area contributed by atoms with Crippen LogP contribution < -0.4 is 10.6 Å². The lowest BCUT2D eigenvalue weighted by molar-refractivity contribution is -0.141. The lowest BCUT2D eigenvalue weighted by Gasteiger charge is -2.39. The number of aliphatic carboxylic acids is 1. The number of morpholine rings is 1. The van der Waals surface area contributed by atoms with Crippen molar-refractivity contribution in [1.29, 1.82) is 0 Å². The van der Waals surface area contributed by atoms with Gasteiger partial charge in [-0.25, -0.2) is 14.5 Å². The Morgan fingerprint density at radius 2 is 2.03 bits per heavy atom. The second-order valence-electron chi connectivity index (χ2n) is 7.67. The number of carbonyl (C=O) groups is 1. The number of aromatic nitrogens is 3. The van der Waals surface area contributed by atoms with Crippen LogP contribution in [0.5, 0.6) is 0 Å². The molecule has 0 aliphatic carbocycles. The summed E-state index contributed by atoms with van der Waals surface area (Å²) in [5.74, 6) is -0.619. The Kier molecular flexibility index (Phi) is 5.49. The fraction of sp³-hybridized carbons (Fsp3) is 0.217. The van der Waals surface area contributed by atoms with Crippen molar-refractivity contribution in [3.63, 3.8) is 0 Å². The van der Waals surface area contributed by atoms with E-state index in [-0.39, 0.29) is 0 Å². The third kappa shape index (κ3) is 4.28. The summed E-state index contributed by atoms with van der Waals surface area (Å²) in [6.07, 6.45) is 8.37. The molecule has 3 N–H and O–H groups in total. The maximum atomic E-state index is 12.6. The van der Waals surface area contributed by atoms with Gasteiger partial charge in [0.1, 0.15) is 0 Å². The number of benzene rings is 1. The van der Waals surface area contributed by atoms with E-state index in [9.17, 15) is 9.90 Å². The van der Waals surface area contributed by atoms with Crippen molar-refractivity contribution in [2.75, 3.05) is 31.6 Å². The van der Waals surface area contributed by atoms with Gasteiger partial charge < -0.3 is 25.4 Å². The van der Waals surface area contributed by atoms with Crippen LogP contribution in [0.1, 0.15) is 5.56 Å². The number of ether oxygens (including phenoxy) is 1. The zero-order chi connectivity index (χ0) is 22.7. The molecule has 0 spiro atoms. The minimum absolute atomic E-state index is 0.471. The summed E-state index contributed by atoms with van der Waals surface area (Å²) in [5.41, 5.74) is 1.09. The molecular formula is C23H23N7O3. The maximum Gasteiger partial charge on any atom is 0.354 e. The molecule has 2 aliphatic rings. The van der Waals surface area contributed by atoms with Crippen LogP contribution >= 0.6 is 0 Å². The maximum absolute atomic E-state index is 12.6. The number of rotatable bonds is 5. The molecule has 1 fully saturated rings. The first kappa shape index (κ1) is 20.7. The SMILES string of the molecule is O=C(O)C1(Nc2cccnc2)C=C(c2cccc(-n3cccn3)c2)N=C(N2CCOCC2)N1. The molecule has 168 valence electrons. The first-order chi connectivity index (χ1) is 16.1. The van der Waals surface area contributed by atoms with Gasteiger partial charge in [0, 0.05) is 37.2 Å². The van der Waals surface area contributed by atoms with Gasteiger partial charge in [0.25, 0.3) is 0 Å². The molecule has 10 heteroatoms. The van der Waals surface area contributed by atoms with E-state index in [0.717, 1.165) is 11.3 Å². The van der Waals surface area contributed by atoms with Crippen LogP contribution in [0, 0.1) is 0 Å². The monoisotopic (exact) mass is 445 g/mol. The minimum Gasteiger partial charge on any atom is -0.478 e. The molecule has 0 radical (unpaired) electrons. The highest BCUT2D eigenvalue weighted by Crippen LogP contribution is 2.28. The third-order valence-electron chi connectivity index (χ3n) is 5.45. The smallest absolute Gasteiger partial charge is 0.354 e. The van der Waals surface area contributed by atoms with Gasteiger partial charge in [-0.05, 0) is 36.4 Å². The number of carboxylic acid groups (broad SMARTS) is 1. The third-order valence-corrected chi connectivity index (χ3v) is 5.45. The molecule has 1 unspecified atom stereocenters. The Morgan fingerprint density at radius 3 is 2.76 bits per heavy atom. The quantitative estimate of drug-likeness (QED) is 0.544. The second-order valence-corrected chi connectivity index (χ2v) is 7.67. The Hall–Kier alpha value is -4.18. The van der Waals surface area contributed by atoms with Crippen molar-refractivity contribution in [2.24, 2.45) is 4.99 Å². The lowest BCUT2D eigenvalue weighted by Crippen LogP contribution is -2.64. The van der Waals surface area contributed by atoms with Crippen molar-refractivity contribution in [2.45, 2.75) is 5.66 Å². The van der Waals surface area contributed by atoms with Crippen LogP contribution in [-0.2, 0) is 9.53 Å². The molecule has 0 bridgehead atoms. The largest absolute Gasteiger partial charge is 0.478 e. The molecule has 5 rings (SSSR count). The first-order valence-corrected chi connectivity index (χ1v) is 10.6. The van der Waals surface area contributed by atoms with Crippen molar-refractivity contribution in [3.8, 4) is 5.69 Å². The molecule has 0 amide bonds. The van der Waals surface area contributed by atoms with Gasteiger partial charge in [0.15, 0.2) is 0 Å². The number of nitrogens with zero attached hydrogens (tertiary/aromatic N) is 5. The van der Waals surface area contributed by atoms with Gasteiger partial charge in [-0.3, -0.25) is 4.98 Å². The number of anilines is 1. The van der Waals surface area contributed by atoms with Gasteiger partial charge in [-0.2, -0.15) is 5.10 Å². The van der Waals surface area contributed by atoms with E-state index >= 15 is 0 Å². The number of hydrogen-bond acceptors (Lipinski definition) is 8. The summed E-state index contributed by atoms with van der Waals surface area (Å²) >= 11 is 0. The van der Waals surface area contributed by atoms with Gasteiger partial charge in [0.05, 0.1) is 36.5 Å². The van der Waals surface area contributed by atoms with Crippen LogP contribution in [0.2, 0.25) is 0 Å². The van der Waals surface area contributed by atoms with E-state index in [1.54, 1.807) is 41.5 Å². The highest BCUT2D eigenvalue weighted by molar-refractivity contribution is 5.99. The molecule has 0 saturated carbocycles. The van der Waals surface area contributed by atoms with Crippen molar-refractivity contribution < 1.29 is 14.6 Å². The molecule has 2 aliphatic heterocycles. The summed E-state index contributed by atoms with van der Waals surface area (Å²) in [6, 6.07) is 13.0. The molecule has 10 nitrogen and oxygen atoms in total. The average molecular weight is 445 g/mol. The molecule has 3 aromatic rings. The average Bonchev–Trinajstić information content (AvgIpc) is 3.40. The van der Waals surface area contributed by atoms with Crippen molar-refractivity contribution in [3.05, 3.63) is 78.9 Å². The highest BCUT2D eigenvalue weighted by atomic mass is 16.5. The standard InChI is InChI=1S/C23H23N7O3/c31-21(32)23(27-18-5-2-7-24-16-18)15-20(26-22(28-23)29-10-12-33-13-11-29)17-4-1-6-19(14-17)30-9-3-8-25-30/h1-9,14-16,27H,10-13H2,(H,26,28)(H,31,32). The van der Waals surface area contributed by atoms with E-state index < -0.39 is 11.6 Å². The summed E-state index contributed by atoms with van der Waals surface area (Å²) in [7, 11) is 0. The zero-order valence-electron chi connectivity index (χ0n) is 17.8. The van der Waals surface area contributed by atoms with Crippen molar-refractivity contribution in [1.82, 2.24) is 25.0 Å². The first-order valence-electron chi connectivity index (χ1n) is 10.6. The fourth-order valence-electron chi connectivity index (χ4n) is 3.79. The molecule has 2 aromatic heterocycles. The fourth-order valence-corrected chi connectivity index (χ4v) is 3.79. The molecule has 33 heavy (non-hydrogen) atoms. The van der Waals surface area contributed by atoms with Crippen LogP contribution in [0.4, 0.5) is 5.69 Å². The van der Waals surface area contributed by atoms with E-state index in [4.69, 9.17) is 9.73 Å². The number of pyridine rings is 1. The molecule has 1 atom stereocenters. The molecule has 1 saturated heterocycles. The number of nitrogens with one attached hydrogen (secondary N) is 2. The minimum atomic E-state index is -1.63. The van der Waals surface area contributed by atoms with Crippen LogP contribution in [0.25, 0.3) is 11.4 Å². The van der Waals surface area contributed by atoms with Crippen LogP contribution in [0.15, 0.2) is 78.3 Å². The van der Waals surface area contributed by atoms with Gasteiger partial charge >= 0.3 is 5.97 Å². The molecule has 4 heterocycles. The number of hydrogen-bond donors (Lipinski definition) is 3. The van der Waals surface area contributed by atoms with E-state index in [1.807, 2.05) is 41.4 Å². The zero-order valence-corrected chi connectivity index (χ0v) is 17.8. The van der Waals surface area contributed by atoms with Crippen molar-refractivity contribution >= 4 is 23.3 Å². The number of aliphatic imine (C=N–C) groups is 1. The summed E-state index contributed by atoms with van der Waals surface area (Å²) in [5, 5.41) is 20.8. The summed E-state index contributed by atoms with van der Waals surface area (Å²) in [4.78, 5) is 23.5. The topological polar surface area (TPSA) is 117 Å². The van der Waals surface area contributed by atoms with E-state index in [2.05, 4.69) is 20.7 Å². The predicted molar refractivity (Wildman–Crippen MR) is 123 cm³/mol. The normalized spacial score (nSPS) is 20.4. The molecular weight excluding hydrogens is 422 g/mol. The van der Waals surface area contributed by atoms with Crippen LogP contribution in [0.3, 0.4) is 0 Å². The Morgan fingerprint density at radius 1 is 1.15 bits per heavy atom. The number of guanidine groups is 1. The lowest BCUT2D eigenvalue weighted by atomic mass is 10.0. The van der Waals surface area contributed by atoms with E-state index in [1.165, 1.54) is 0 Å². The Bertz CT molecular complexity index is 1190.